The second-order valence-electron chi connectivity index (χ2n) is 7.83. The fraction of sp³-hybridized carbons (Fsp3) is 1.00. The van der Waals surface area contributed by atoms with Crippen molar-refractivity contribution in [1.82, 2.24) is 0 Å². The SMILES string of the molecule is CC(C)OCCOCCOCCOCCOCCOCCOCCOCCOCCOCCOCCN. The van der Waals surface area contributed by atoms with Crippen LogP contribution < -0.4 is 5.73 Å². The van der Waals surface area contributed by atoms with Gasteiger partial charge in [-0.15, -0.1) is 0 Å². The molecule has 0 aromatic carbocycles. The molecule has 0 saturated carbocycles. The summed E-state index contributed by atoms with van der Waals surface area (Å²) in [5.74, 6) is 0. The van der Waals surface area contributed by atoms with Gasteiger partial charge in [-0.1, -0.05) is 0 Å². The van der Waals surface area contributed by atoms with E-state index in [1.165, 1.54) is 0 Å². The minimum Gasteiger partial charge on any atom is -0.378 e. The van der Waals surface area contributed by atoms with Gasteiger partial charge in [0.05, 0.1) is 145 Å². The summed E-state index contributed by atoms with van der Waals surface area (Å²) >= 11 is 0. The highest BCUT2D eigenvalue weighted by Gasteiger charge is 1.96. The van der Waals surface area contributed by atoms with Crippen LogP contribution in [0.3, 0.4) is 0 Å². The maximum absolute atomic E-state index is 5.45. The zero-order valence-corrected chi connectivity index (χ0v) is 23.2. The fourth-order valence-electron chi connectivity index (χ4n) is 2.51. The second-order valence-corrected chi connectivity index (χ2v) is 7.83. The van der Waals surface area contributed by atoms with Gasteiger partial charge in [0.2, 0.25) is 0 Å². The molecule has 0 rings (SSSR count). The van der Waals surface area contributed by atoms with Crippen LogP contribution in [0.2, 0.25) is 0 Å². The molecule has 0 unspecified atom stereocenters. The summed E-state index contributed by atoms with van der Waals surface area (Å²) in [4.78, 5) is 0. The molecule has 0 heterocycles. The number of ether oxygens (including phenoxy) is 11. The van der Waals surface area contributed by atoms with Gasteiger partial charge in [-0.2, -0.15) is 0 Å². The van der Waals surface area contributed by atoms with Crippen LogP contribution in [0.15, 0.2) is 0 Å². The van der Waals surface area contributed by atoms with Gasteiger partial charge in [-0.3, -0.25) is 0 Å². The van der Waals surface area contributed by atoms with Crippen molar-refractivity contribution in [2.45, 2.75) is 20.0 Å². The molecular formula is C25H53NO11. The van der Waals surface area contributed by atoms with E-state index in [4.69, 9.17) is 57.8 Å². The lowest BCUT2D eigenvalue weighted by Gasteiger charge is -2.09. The van der Waals surface area contributed by atoms with E-state index in [0.717, 1.165) is 0 Å². The number of hydrogen-bond acceptors (Lipinski definition) is 12. The summed E-state index contributed by atoms with van der Waals surface area (Å²) in [6.45, 7) is 15.9. The Morgan fingerprint density at radius 2 is 0.514 bits per heavy atom. The maximum atomic E-state index is 5.45. The van der Waals surface area contributed by atoms with Gasteiger partial charge in [0.1, 0.15) is 0 Å². The average Bonchev–Trinajstić information content (AvgIpc) is 2.89. The minimum absolute atomic E-state index is 0.234. The van der Waals surface area contributed by atoms with Crippen LogP contribution in [-0.2, 0) is 52.1 Å². The Balaban J connectivity index is 3.01. The minimum atomic E-state index is 0.234. The molecule has 224 valence electrons. The molecule has 0 spiro atoms. The first-order chi connectivity index (χ1) is 18.3. The third kappa shape index (κ3) is 35.5. The van der Waals surface area contributed by atoms with Crippen molar-refractivity contribution in [2.24, 2.45) is 5.73 Å². The molecule has 0 fully saturated rings. The first-order valence-electron chi connectivity index (χ1n) is 13.4. The standard InChI is InChI=1S/C25H53NO11/c1-25(2)37-24-23-36-22-21-35-20-19-34-18-17-33-16-15-32-14-13-31-12-11-30-10-9-29-8-7-28-6-5-27-4-3-26/h25H,3-24,26H2,1-2H3. The summed E-state index contributed by atoms with van der Waals surface area (Å²) in [6, 6.07) is 0. The van der Waals surface area contributed by atoms with Gasteiger partial charge >= 0.3 is 0 Å². The number of nitrogens with two attached hydrogens (primary N) is 1. The van der Waals surface area contributed by atoms with Gasteiger partial charge in [-0.25, -0.2) is 0 Å². The summed E-state index contributed by atoms with van der Waals surface area (Å²) in [5, 5.41) is 0. The van der Waals surface area contributed by atoms with Crippen molar-refractivity contribution >= 4 is 0 Å². The molecular weight excluding hydrogens is 490 g/mol. The lowest BCUT2D eigenvalue weighted by molar-refractivity contribution is -0.0286. The Labute approximate surface area is 223 Å². The third-order valence-corrected chi connectivity index (χ3v) is 4.29. The maximum Gasteiger partial charge on any atom is 0.0703 e. The normalized spacial score (nSPS) is 11.7. The van der Waals surface area contributed by atoms with Crippen molar-refractivity contribution < 1.29 is 52.1 Å². The Hall–Kier alpha value is -0.480. The quantitative estimate of drug-likeness (QED) is 0.116. The fourth-order valence-corrected chi connectivity index (χ4v) is 2.51. The van der Waals surface area contributed by atoms with Gasteiger partial charge in [0, 0.05) is 6.54 Å². The van der Waals surface area contributed by atoms with Gasteiger partial charge in [-0.05, 0) is 13.8 Å². The Kier molecular flexibility index (Phi) is 33.1. The highest BCUT2D eigenvalue weighted by Crippen LogP contribution is 1.88. The van der Waals surface area contributed by atoms with E-state index in [1.807, 2.05) is 13.8 Å². The topological polar surface area (TPSA) is 128 Å². The summed E-state index contributed by atoms with van der Waals surface area (Å²) in [6.07, 6.45) is 0.234. The number of rotatable bonds is 33. The number of hydrogen-bond donors (Lipinski definition) is 1. The first kappa shape index (κ1) is 36.5. The molecule has 0 saturated heterocycles. The van der Waals surface area contributed by atoms with E-state index in [-0.39, 0.29) is 6.10 Å². The lowest BCUT2D eigenvalue weighted by Crippen LogP contribution is -2.16. The van der Waals surface area contributed by atoms with Gasteiger partial charge < -0.3 is 57.8 Å². The molecule has 0 aliphatic rings. The van der Waals surface area contributed by atoms with Crippen molar-refractivity contribution in [2.75, 3.05) is 145 Å². The third-order valence-electron chi connectivity index (χ3n) is 4.29. The molecule has 0 amide bonds. The predicted octanol–water partition coefficient (Wildman–Crippen LogP) is 0.536. The van der Waals surface area contributed by atoms with E-state index in [9.17, 15) is 0 Å². The van der Waals surface area contributed by atoms with Crippen LogP contribution in [0.1, 0.15) is 13.8 Å². The molecule has 0 aliphatic heterocycles. The molecule has 2 N–H and O–H groups in total. The van der Waals surface area contributed by atoms with Crippen molar-refractivity contribution in [3.05, 3.63) is 0 Å². The highest BCUT2D eigenvalue weighted by molar-refractivity contribution is 4.40. The van der Waals surface area contributed by atoms with Gasteiger partial charge in [0.25, 0.3) is 0 Å². The molecule has 37 heavy (non-hydrogen) atoms. The van der Waals surface area contributed by atoms with Crippen LogP contribution >= 0.6 is 0 Å². The van der Waals surface area contributed by atoms with Crippen LogP contribution in [0, 0.1) is 0 Å². The van der Waals surface area contributed by atoms with Crippen LogP contribution in [0.4, 0.5) is 0 Å². The highest BCUT2D eigenvalue weighted by atomic mass is 16.6. The Bertz CT molecular complexity index is 409. The van der Waals surface area contributed by atoms with E-state index < -0.39 is 0 Å². The van der Waals surface area contributed by atoms with Crippen LogP contribution in [-0.4, -0.2) is 151 Å². The summed E-state index contributed by atoms with van der Waals surface area (Å²) in [5.41, 5.74) is 5.32. The van der Waals surface area contributed by atoms with E-state index in [1.54, 1.807) is 0 Å². The van der Waals surface area contributed by atoms with E-state index in [2.05, 4.69) is 0 Å². The largest absolute Gasteiger partial charge is 0.378 e. The lowest BCUT2D eigenvalue weighted by atomic mass is 10.5. The van der Waals surface area contributed by atoms with Crippen molar-refractivity contribution in [3.63, 3.8) is 0 Å². The van der Waals surface area contributed by atoms with Crippen LogP contribution in [0.25, 0.3) is 0 Å². The van der Waals surface area contributed by atoms with Crippen molar-refractivity contribution in [1.29, 1.82) is 0 Å². The molecule has 12 heteroatoms. The Morgan fingerprint density at radius 1 is 0.324 bits per heavy atom. The zero-order chi connectivity index (χ0) is 26.9. The second kappa shape index (κ2) is 33.5. The Morgan fingerprint density at radius 3 is 0.703 bits per heavy atom. The first-order valence-corrected chi connectivity index (χ1v) is 13.4. The van der Waals surface area contributed by atoms with Gasteiger partial charge in [0.15, 0.2) is 0 Å². The molecule has 0 radical (unpaired) electrons. The van der Waals surface area contributed by atoms with E-state index >= 15 is 0 Å². The molecule has 0 aliphatic carbocycles. The molecule has 0 atom stereocenters. The summed E-state index contributed by atoms with van der Waals surface area (Å²) in [7, 11) is 0. The average molecular weight is 544 g/mol. The molecule has 0 aromatic rings. The molecule has 0 bridgehead atoms. The zero-order valence-electron chi connectivity index (χ0n) is 23.2. The smallest absolute Gasteiger partial charge is 0.0703 e. The molecule has 12 nitrogen and oxygen atoms in total. The van der Waals surface area contributed by atoms with Crippen molar-refractivity contribution in [3.8, 4) is 0 Å². The van der Waals surface area contributed by atoms with Crippen LogP contribution in [0.5, 0.6) is 0 Å². The van der Waals surface area contributed by atoms with E-state index in [0.29, 0.717) is 145 Å². The summed E-state index contributed by atoms with van der Waals surface area (Å²) < 4.78 is 59.4. The predicted molar refractivity (Wildman–Crippen MR) is 138 cm³/mol. The molecule has 0 aromatic heterocycles. The monoisotopic (exact) mass is 543 g/mol.